The van der Waals surface area contributed by atoms with Crippen molar-refractivity contribution < 1.29 is 14.4 Å². The van der Waals surface area contributed by atoms with Crippen molar-refractivity contribution in [3.63, 3.8) is 0 Å². The number of piperidine rings is 1. The first-order valence-electron chi connectivity index (χ1n) is 7.67. The number of hydrogen-bond donors (Lipinski definition) is 2. The van der Waals surface area contributed by atoms with Crippen LogP contribution in [0.15, 0.2) is 0 Å². The fraction of sp³-hybridized carbons (Fsp3) is 0.786. The van der Waals surface area contributed by atoms with E-state index in [4.69, 9.17) is 0 Å². The molecule has 2 fully saturated rings. The number of hydrogen-bond acceptors (Lipinski definition) is 4. The molecule has 0 aromatic rings. The minimum absolute atomic E-state index is 0.0255. The van der Waals surface area contributed by atoms with E-state index in [0.717, 1.165) is 25.9 Å². The summed E-state index contributed by atoms with van der Waals surface area (Å²) in [5.74, 6) is -0.811. The highest BCUT2D eigenvalue weighted by molar-refractivity contribution is 6.35. The molecule has 118 valence electrons. The zero-order chi connectivity index (χ0) is 15.2. The van der Waals surface area contributed by atoms with E-state index in [0.29, 0.717) is 32.1 Å². The predicted molar refractivity (Wildman–Crippen MR) is 77.4 cm³/mol. The summed E-state index contributed by atoms with van der Waals surface area (Å²) in [6.45, 7) is 5.86. The third kappa shape index (κ3) is 4.17. The highest BCUT2D eigenvalue weighted by atomic mass is 16.2. The highest BCUT2D eigenvalue weighted by Gasteiger charge is 2.32. The van der Waals surface area contributed by atoms with E-state index in [1.807, 2.05) is 6.92 Å². The molecule has 2 rings (SSSR count). The molecule has 1 atom stereocenters. The molecule has 7 heteroatoms. The van der Waals surface area contributed by atoms with Crippen LogP contribution in [0.3, 0.4) is 0 Å². The Kier molecular flexibility index (Phi) is 5.55. The third-order valence-corrected chi connectivity index (χ3v) is 4.10. The molecular weight excluding hydrogens is 272 g/mol. The molecule has 21 heavy (non-hydrogen) atoms. The molecule has 0 bridgehead atoms. The molecular formula is C14H24N4O3. The van der Waals surface area contributed by atoms with Crippen molar-refractivity contribution in [2.24, 2.45) is 5.92 Å². The first-order valence-corrected chi connectivity index (χ1v) is 7.67. The maximum Gasteiger partial charge on any atom is 0.312 e. The minimum atomic E-state index is -0.572. The molecule has 0 aromatic carbocycles. The fourth-order valence-electron chi connectivity index (χ4n) is 2.75. The van der Waals surface area contributed by atoms with Crippen LogP contribution < -0.4 is 10.6 Å². The van der Waals surface area contributed by atoms with Crippen LogP contribution in [0.4, 0.5) is 0 Å². The molecule has 2 N–H and O–H groups in total. The van der Waals surface area contributed by atoms with Crippen LogP contribution in [0, 0.1) is 5.92 Å². The van der Waals surface area contributed by atoms with E-state index in [-0.39, 0.29) is 12.5 Å². The second-order valence-corrected chi connectivity index (χ2v) is 5.63. The number of piperazine rings is 1. The summed E-state index contributed by atoms with van der Waals surface area (Å²) in [5.41, 5.74) is 0. The monoisotopic (exact) mass is 296 g/mol. The smallest absolute Gasteiger partial charge is 0.312 e. The summed E-state index contributed by atoms with van der Waals surface area (Å²) in [7, 11) is 0. The van der Waals surface area contributed by atoms with Gasteiger partial charge in [0, 0.05) is 26.2 Å². The van der Waals surface area contributed by atoms with Crippen LogP contribution in [0.25, 0.3) is 0 Å². The van der Waals surface area contributed by atoms with Gasteiger partial charge in [0.25, 0.3) is 0 Å². The van der Waals surface area contributed by atoms with Gasteiger partial charge >= 0.3 is 11.8 Å². The Bertz CT molecular complexity index is 407. The van der Waals surface area contributed by atoms with E-state index in [2.05, 4.69) is 10.6 Å². The lowest BCUT2D eigenvalue weighted by atomic mass is 10.00. The van der Waals surface area contributed by atoms with E-state index < -0.39 is 11.8 Å². The van der Waals surface area contributed by atoms with Gasteiger partial charge in [0.15, 0.2) is 0 Å². The van der Waals surface area contributed by atoms with Crippen LogP contribution in [-0.2, 0) is 14.4 Å². The Hall–Kier alpha value is -1.63. The van der Waals surface area contributed by atoms with E-state index in [1.165, 1.54) is 9.80 Å². The minimum Gasteiger partial charge on any atom is -0.354 e. The summed E-state index contributed by atoms with van der Waals surface area (Å²) < 4.78 is 0. The van der Waals surface area contributed by atoms with E-state index in [9.17, 15) is 14.4 Å². The van der Waals surface area contributed by atoms with Crippen LogP contribution in [0.2, 0.25) is 0 Å². The molecule has 3 amide bonds. The number of nitrogens with zero attached hydrogens (tertiary/aromatic N) is 2. The van der Waals surface area contributed by atoms with Gasteiger partial charge in [-0.15, -0.1) is 0 Å². The summed E-state index contributed by atoms with van der Waals surface area (Å²) in [4.78, 5) is 38.4. The van der Waals surface area contributed by atoms with Crippen molar-refractivity contribution in [3.8, 4) is 0 Å². The first-order chi connectivity index (χ1) is 10.1. The van der Waals surface area contributed by atoms with Crippen molar-refractivity contribution in [1.29, 1.82) is 0 Å². The van der Waals surface area contributed by atoms with Gasteiger partial charge in [-0.3, -0.25) is 14.4 Å². The highest BCUT2D eigenvalue weighted by Crippen LogP contribution is 2.08. The van der Waals surface area contributed by atoms with E-state index in [1.54, 1.807) is 0 Å². The van der Waals surface area contributed by atoms with Crippen molar-refractivity contribution in [2.75, 3.05) is 45.8 Å². The Morgan fingerprint density at radius 1 is 1.29 bits per heavy atom. The number of nitrogens with one attached hydrogen (secondary N) is 2. The van der Waals surface area contributed by atoms with Gasteiger partial charge in [0.2, 0.25) is 5.91 Å². The van der Waals surface area contributed by atoms with Crippen molar-refractivity contribution >= 4 is 17.7 Å². The van der Waals surface area contributed by atoms with Gasteiger partial charge in [-0.2, -0.15) is 0 Å². The number of carbonyl (C=O) groups excluding carboxylic acids is 3. The molecule has 2 aliphatic rings. The number of amides is 3. The number of likely N-dealkylation sites (N-methyl/N-ethyl adjacent to an activating group) is 1. The largest absolute Gasteiger partial charge is 0.354 e. The quantitative estimate of drug-likeness (QED) is 0.624. The molecule has 2 saturated heterocycles. The van der Waals surface area contributed by atoms with Crippen LogP contribution in [0.5, 0.6) is 0 Å². The molecule has 2 aliphatic heterocycles. The summed E-state index contributed by atoms with van der Waals surface area (Å²) >= 11 is 0. The molecule has 2 heterocycles. The topological polar surface area (TPSA) is 81.8 Å². The normalized spacial score (nSPS) is 23.4. The maximum absolute atomic E-state index is 11.9. The van der Waals surface area contributed by atoms with Gasteiger partial charge in [-0.1, -0.05) is 0 Å². The summed E-state index contributed by atoms with van der Waals surface area (Å²) in [5, 5.41) is 6.16. The summed E-state index contributed by atoms with van der Waals surface area (Å²) in [6, 6.07) is 0. The number of carbonyl (C=O) groups is 3. The Morgan fingerprint density at radius 3 is 2.67 bits per heavy atom. The summed E-state index contributed by atoms with van der Waals surface area (Å²) in [6.07, 6.45) is 2.24. The van der Waals surface area contributed by atoms with Gasteiger partial charge in [0.1, 0.15) is 6.54 Å². The van der Waals surface area contributed by atoms with Crippen molar-refractivity contribution in [1.82, 2.24) is 20.4 Å². The molecule has 7 nitrogen and oxygen atoms in total. The number of rotatable bonds is 5. The van der Waals surface area contributed by atoms with Crippen molar-refractivity contribution in [2.45, 2.75) is 19.8 Å². The van der Waals surface area contributed by atoms with Gasteiger partial charge < -0.3 is 20.4 Å². The average Bonchev–Trinajstić information content (AvgIpc) is 2.51. The molecule has 0 radical (unpaired) electrons. The molecule has 1 unspecified atom stereocenters. The van der Waals surface area contributed by atoms with Crippen molar-refractivity contribution in [3.05, 3.63) is 0 Å². The lowest BCUT2D eigenvalue weighted by Gasteiger charge is -2.32. The van der Waals surface area contributed by atoms with E-state index >= 15 is 0 Å². The van der Waals surface area contributed by atoms with Crippen LogP contribution in [0.1, 0.15) is 19.8 Å². The zero-order valence-corrected chi connectivity index (χ0v) is 12.6. The van der Waals surface area contributed by atoms with Gasteiger partial charge in [-0.05, 0) is 38.8 Å². The lowest BCUT2D eigenvalue weighted by Crippen LogP contribution is -2.56. The Labute approximate surface area is 125 Å². The first kappa shape index (κ1) is 15.8. The Balaban J connectivity index is 1.74. The molecule has 0 spiro atoms. The third-order valence-electron chi connectivity index (χ3n) is 4.10. The fourth-order valence-corrected chi connectivity index (χ4v) is 2.75. The lowest BCUT2D eigenvalue weighted by molar-refractivity contribution is -0.156. The SMILES string of the molecule is CCN1CCN(CC(=O)NCC2CCCNC2)C(=O)C1=O. The second kappa shape index (κ2) is 7.40. The standard InChI is InChI=1S/C14H24N4O3/c1-2-17-6-7-18(14(21)13(17)20)10-12(19)16-9-11-4-3-5-15-8-11/h11,15H,2-10H2,1H3,(H,16,19). The maximum atomic E-state index is 11.9. The zero-order valence-electron chi connectivity index (χ0n) is 12.6. The molecule has 0 aliphatic carbocycles. The second-order valence-electron chi connectivity index (χ2n) is 5.63. The van der Waals surface area contributed by atoms with Crippen LogP contribution in [-0.4, -0.2) is 73.3 Å². The van der Waals surface area contributed by atoms with Gasteiger partial charge in [-0.25, -0.2) is 0 Å². The molecule has 0 aromatic heterocycles. The predicted octanol–water partition coefficient (Wildman–Crippen LogP) is -1.21. The van der Waals surface area contributed by atoms with Gasteiger partial charge in [0.05, 0.1) is 0 Å². The molecule has 0 saturated carbocycles. The Morgan fingerprint density at radius 2 is 2.00 bits per heavy atom. The average molecular weight is 296 g/mol. The van der Waals surface area contributed by atoms with Crippen LogP contribution >= 0.6 is 0 Å².